The Morgan fingerprint density at radius 3 is 1.25 bits per heavy atom. The fourth-order valence-corrected chi connectivity index (χ4v) is 0. The molecule has 0 rings (SSSR count). The molecule has 0 aromatic carbocycles. The molecule has 0 atom stereocenters. The molecule has 2 radical (unpaired) electrons. The maximum atomic E-state index is 0. The molecule has 0 fully saturated rings. The van der Waals surface area contributed by atoms with Crippen molar-refractivity contribution in [2.45, 2.75) is 0 Å². The first-order chi connectivity index (χ1) is 0. The standard InChI is InChI=1S/Al.Ca.Mg.H3Si.6H/h;;;1H3;;;;;;/q;2*+2;;;;4*-1. The van der Waals surface area contributed by atoms with E-state index in [4.69, 9.17) is 0 Å². The average Bonchev–Trinajstić information content (AvgIpc) is 0. The van der Waals surface area contributed by atoms with E-state index in [1.54, 1.807) is 0 Å². The molecule has 0 saturated carbocycles. The molecule has 4 heavy (non-hydrogen) atoms. The molecule has 4 heteroatoms. The Kier molecular flexibility index (Phi) is 125. The fourth-order valence-electron chi connectivity index (χ4n) is 0. The van der Waals surface area contributed by atoms with Gasteiger partial charge in [-0.15, -0.1) is 0 Å². The van der Waals surface area contributed by atoms with Crippen molar-refractivity contribution in [2.75, 3.05) is 0 Å². The van der Waals surface area contributed by atoms with Gasteiger partial charge >= 0.3 is 60.8 Å². The first-order valence-electron chi connectivity index (χ1n) is 0. The first-order valence-corrected chi connectivity index (χ1v) is 0. The minimum absolute atomic E-state index is 0. The third kappa shape index (κ3) is 8.84. The van der Waals surface area contributed by atoms with Gasteiger partial charge < -0.3 is 5.71 Å². The van der Waals surface area contributed by atoms with Crippen LogP contribution >= 0.6 is 0 Å². The van der Waals surface area contributed by atoms with Gasteiger partial charge in [0.1, 0.15) is 17.4 Å². The smallest absolute Gasteiger partial charge is 1.00 e. The van der Waals surface area contributed by atoms with Crippen molar-refractivity contribution in [2.24, 2.45) is 0 Å². The van der Waals surface area contributed by atoms with Crippen molar-refractivity contribution in [1.29, 1.82) is 0 Å². The van der Waals surface area contributed by atoms with Gasteiger partial charge in [0.15, 0.2) is 0 Å². The third-order valence-corrected chi connectivity index (χ3v) is 0. The topological polar surface area (TPSA) is 0 Å². The van der Waals surface area contributed by atoms with Gasteiger partial charge in [0.05, 0.1) is 0 Å². The van der Waals surface area contributed by atoms with Gasteiger partial charge in [0, 0.05) is 0 Å². The Labute approximate surface area is 93.3 Å². The van der Waals surface area contributed by atoms with Crippen molar-refractivity contribution in [3.8, 4) is 0 Å². The zero-order valence-corrected chi connectivity index (χ0v) is 11.0. The van der Waals surface area contributed by atoms with Gasteiger partial charge in [-0.05, 0) is 11.0 Å². The van der Waals surface area contributed by atoms with E-state index >= 15 is 0 Å². The molecule has 0 aromatic rings. The summed E-state index contributed by atoms with van der Waals surface area (Å²) in [6, 6.07) is 0. The van der Waals surface area contributed by atoms with Crippen LogP contribution in [-0.2, 0) is 0 Å². The van der Waals surface area contributed by atoms with Crippen LogP contribution in [0.3, 0.4) is 0 Å². The monoisotopic (exact) mass is 128 g/mol. The van der Waals surface area contributed by atoms with E-state index in [1.165, 1.54) is 0 Å². The summed E-state index contributed by atoms with van der Waals surface area (Å²) in [4.78, 5) is 0. The van der Waals surface area contributed by atoms with Gasteiger partial charge in [-0.1, -0.05) is 0 Å². The van der Waals surface area contributed by atoms with Gasteiger partial charge in [-0.25, -0.2) is 0 Å². The van der Waals surface area contributed by atoms with E-state index < -0.39 is 0 Å². The molecule has 0 saturated heterocycles. The summed E-state index contributed by atoms with van der Waals surface area (Å²) in [7, 11) is 0. The molecule has 0 aliphatic carbocycles. The number of hydrogen-bond acceptors (Lipinski definition) is 0. The zero-order chi connectivity index (χ0) is 0. The molecule has 0 spiro atoms. The van der Waals surface area contributed by atoms with Crippen LogP contribution in [-0.4, -0.2) is 89.1 Å². The van der Waals surface area contributed by atoms with Crippen molar-refractivity contribution in [1.82, 2.24) is 0 Å². The Bertz CT molecular complexity index is 16.0. The summed E-state index contributed by atoms with van der Waals surface area (Å²) in [6.45, 7) is 0. The van der Waals surface area contributed by atoms with Crippen LogP contribution in [0.15, 0.2) is 0 Å². The SMILES string of the molecule is [AlH2].[Ca+2].[H-].[H-].[H-].[H-].[Mg+2].[SiH3]. The molecule has 0 amide bonds. The van der Waals surface area contributed by atoms with Crippen molar-refractivity contribution < 1.29 is 5.71 Å². The normalized spacial score (nSPS) is 0. The summed E-state index contributed by atoms with van der Waals surface area (Å²) in [5.41, 5.74) is 0. The van der Waals surface area contributed by atoms with Gasteiger partial charge in [0.2, 0.25) is 0 Å². The van der Waals surface area contributed by atoms with Crippen molar-refractivity contribution in [3.63, 3.8) is 0 Å². The molecule has 0 nitrogen and oxygen atoms in total. The van der Waals surface area contributed by atoms with Crippen LogP contribution < -0.4 is 0 Å². The van der Waals surface area contributed by atoms with E-state index in [9.17, 15) is 0 Å². The maximum Gasteiger partial charge on any atom is 2.00 e. The van der Waals surface area contributed by atoms with E-state index in [1.807, 2.05) is 0 Å². The van der Waals surface area contributed by atoms with E-state index in [-0.39, 0.29) is 94.8 Å². The Balaban J connectivity index is 0. The molecule has 0 heterocycles. The maximum absolute atomic E-state index is 0. The van der Waals surface area contributed by atoms with Crippen LogP contribution in [0.1, 0.15) is 5.71 Å². The summed E-state index contributed by atoms with van der Waals surface area (Å²) >= 11 is 0. The van der Waals surface area contributed by atoms with Crippen LogP contribution in [0.25, 0.3) is 0 Å². The number of rotatable bonds is 0. The zero-order valence-electron chi connectivity index (χ0n) is 7.41. The Hall–Kier alpha value is 2.78. The molecule has 0 aromatic heterocycles. The van der Waals surface area contributed by atoms with Gasteiger partial charge in [0.25, 0.3) is 0 Å². The number of hydrogen-bond donors (Lipinski definition) is 0. The largest absolute Gasteiger partial charge is 2.00 e. The Morgan fingerprint density at radius 1 is 1.25 bits per heavy atom. The Morgan fingerprint density at radius 2 is 1.25 bits per heavy atom. The summed E-state index contributed by atoms with van der Waals surface area (Å²) in [6.07, 6.45) is 0. The van der Waals surface area contributed by atoms with Crippen LogP contribution in [0.4, 0.5) is 0 Å². The second kappa shape index (κ2) is 17.1. The van der Waals surface area contributed by atoms with Crippen LogP contribution in [0.5, 0.6) is 0 Å². The second-order valence-electron chi connectivity index (χ2n) is 0. The summed E-state index contributed by atoms with van der Waals surface area (Å²) in [5.74, 6) is 0. The summed E-state index contributed by atoms with van der Waals surface area (Å²) < 4.78 is 0. The molecule has 0 N–H and O–H groups in total. The third-order valence-electron chi connectivity index (χ3n) is 0. The summed E-state index contributed by atoms with van der Waals surface area (Å²) in [5, 5.41) is 0. The van der Waals surface area contributed by atoms with E-state index in [0.29, 0.717) is 0 Å². The van der Waals surface area contributed by atoms with Crippen LogP contribution in [0, 0.1) is 0 Å². The van der Waals surface area contributed by atoms with Crippen LogP contribution in [0.2, 0.25) is 0 Å². The van der Waals surface area contributed by atoms with E-state index in [0.717, 1.165) is 0 Å². The minimum Gasteiger partial charge on any atom is -1.00 e. The minimum atomic E-state index is 0. The quantitative estimate of drug-likeness (QED) is 0.319. The molecule has 0 aliphatic rings. The molecule has 0 aliphatic heterocycles. The predicted octanol–water partition coefficient (Wildman–Crippen LogP) is -2.41. The molecular weight excluding hydrogens is 119 g/mol. The fraction of sp³-hybridized carbons (Fsp3) is 0. The van der Waals surface area contributed by atoms with E-state index in [2.05, 4.69) is 0 Å². The van der Waals surface area contributed by atoms with Gasteiger partial charge in [-0.2, -0.15) is 0 Å². The molecule has 0 bridgehead atoms. The van der Waals surface area contributed by atoms with Gasteiger partial charge in [-0.3, -0.25) is 0 Å². The first kappa shape index (κ1) is 29.3. The molecule has 0 unspecified atom stereocenters. The second-order valence-corrected chi connectivity index (χ2v) is 0. The molecule has 20 valence electrons. The molecular formula is H9AlCaMgSi. The predicted molar refractivity (Wildman–Crippen MR) is 34.4 cm³/mol. The average molecular weight is 129 g/mol. The van der Waals surface area contributed by atoms with Crippen molar-refractivity contribution in [3.05, 3.63) is 0 Å². The van der Waals surface area contributed by atoms with Crippen molar-refractivity contribution >= 4 is 89.1 Å².